The van der Waals surface area contributed by atoms with Crippen LogP contribution in [0, 0.1) is 3.57 Å². The largest absolute Gasteiger partial charge is 0.315 e. The van der Waals surface area contributed by atoms with Crippen LogP contribution >= 0.6 is 22.6 Å². The molecule has 0 aliphatic heterocycles. The van der Waals surface area contributed by atoms with E-state index in [1.54, 1.807) is 0 Å². The number of rotatable bonds is 6. The average molecular weight is 357 g/mol. The second kappa shape index (κ2) is 8.29. The monoisotopic (exact) mass is 357 g/mol. The molecular weight excluding hydrogens is 337 g/mol. The third-order valence-electron chi connectivity index (χ3n) is 2.64. The topological polar surface area (TPSA) is 20.3 Å². The van der Waals surface area contributed by atoms with E-state index < -0.39 is 0 Å². The van der Waals surface area contributed by atoms with Crippen molar-refractivity contribution < 1.29 is 4.79 Å². The minimum atomic E-state index is 0.0955. The number of carbonyl (C=O) groups is 1. The number of benzene rings is 1. The standard InChI is InChI=1S/C15H20INO/c1-3-5-11-17(12-6-4-2)15(18)13-9-7-8-10-14(13)16/h5,7-11H,3-4,6,12H2,1-2H3/b11-5+. The van der Waals surface area contributed by atoms with Crippen molar-refractivity contribution in [3.05, 3.63) is 45.7 Å². The van der Waals surface area contributed by atoms with Gasteiger partial charge in [-0.1, -0.05) is 38.5 Å². The number of amides is 1. The highest BCUT2D eigenvalue weighted by molar-refractivity contribution is 14.1. The summed E-state index contributed by atoms with van der Waals surface area (Å²) in [6.45, 7) is 5.00. The predicted molar refractivity (Wildman–Crippen MR) is 84.5 cm³/mol. The van der Waals surface area contributed by atoms with Gasteiger partial charge < -0.3 is 4.90 Å². The molecule has 98 valence electrons. The van der Waals surface area contributed by atoms with E-state index in [2.05, 4.69) is 36.4 Å². The highest BCUT2D eigenvalue weighted by Crippen LogP contribution is 2.15. The summed E-state index contributed by atoms with van der Waals surface area (Å²) in [5, 5.41) is 0. The summed E-state index contributed by atoms with van der Waals surface area (Å²) in [7, 11) is 0. The molecule has 0 saturated heterocycles. The van der Waals surface area contributed by atoms with Crippen molar-refractivity contribution >= 4 is 28.5 Å². The van der Waals surface area contributed by atoms with E-state index in [9.17, 15) is 4.79 Å². The van der Waals surface area contributed by atoms with Gasteiger partial charge in [-0.15, -0.1) is 0 Å². The van der Waals surface area contributed by atoms with Gasteiger partial charge in [0.2, 0.25) is 0 Å². The molecule has 18 heavy (non-hydrogen) atoms. The van der Waals surface area contributed by atoms with Crippen LogP contribution in [0.5, 0.6) is 0 Å². The Kier molecular flexibility index (Phi) is 7.01. The average Bonchev–Trinajstić information content (AvgIpc) is 2.39. The number of hydrogen-bond acceptors (Lipinski definition) is 1. The van der Waals surface area contributed by atoms with Gasteiger partial charge in [-0.25, -0.2) is 0 Å². The molecule has 0 aliphatic rings. The van der Waals surface area contributed by atoms with Crippen molar-refractivity contribution in [2.24, 2.45) is 0 Å². The van der Waals surface area contributed by atoms with E-state index >= 15 is 0 Å². The Morgan fingerprint density at radius 3 is 2.67 bits per heavy atom. The van der Waals surface area contributed by atoms with Crippen molar-refractivity contribution in [2.75, 3.05) is 6.54 Å². The molecule has 1 aromatic carbocycles. The van der Waals surface area contributed by atoms with Crippen LogP contribution in [0.15, 0.2) is 36.5 Å². The summed E-state index contributed by atoms with van der Waals surface area (Å²) in [4.78, 5) is 14.3. The summed E-state index contributed by atoms with van der Waals surface area (Å²) in [5.74, 6) is 0.0955. The third-order valence-corrected chi connectivity index (χ3v) is 3.58. The van der Waals surface area contributed by atoms with Gasteiger partial charge in [-0.05, 0) is 47.6 Å². The van der Waals surface area contributed by atoms with E-state index in [0.717, 1.165) is 34.9 Å². The van der Waals surface area contributed by atoms with Crippen LogP contribution in [0.25, 0.3) is 0 Å². The molecular formula is C15H20INO. The molecule has 0 N–H and O–H groups in total. The van der Waals surface area contributed by atoms with Gasteiger partial charge >= 0.3 is 0 Å². The highest BCUT2D eigenvalue weighted by atomic mass is 127. The lowest BCUT2D eigenvalue weighted by atomic mass is 10.2. The minimum Gasteiger partial charge on any atom is -0.315 e. The highest BCUT2D eigenvalue weighted by Gasteiger charge is 2.15. The zero-order valence-corrected chi connectivity index (χ0v) is 13.2. The first kappa shape index (κ1) is 15.2. The fourth-order valence-corrected chi connectivity index (χ4v) is 2.21. The quantitative estimate of drug-likeness (QED) is 0.689. The van der Waals surface area contributed by atoms with Crippen LogP contribution < -0.4 is 0 Å². The summed E-state index contributed by atoms with van der Waals surface area (Å²) in [6, 6.07) is 7.73. The summed E-state index contributed by atoms with van der Waals surface area (Å²) >= 11 is 2.21. The van der Waals surface area contributed by atoms with Crippen molar-refractivity contribution in [1.82, 2.24) is 4.90 Å². The number of nitrogens with zero attached hydrogens (tertiary/aromatic N) is 1. The first-order valence-electron chi connectivity index (χ1n) is 6.42. The molecule has 0 aliphatic carbocycles. The molecule has 1 rings (SSSR count). The van der Waals surface area contributed by atoms with Crippen LogP contribution in [-0.4, -0.2) is 17.4 Å². The van der Waals surface area contributed by atoms with Crippen LogP contribution in [0.1, 0.15) is 43.5 Å². The maximum Gasteiger partial charge on any atom is 0.258 e. The molecule has 0 atom stereocenters. The first-order valence-corrected chi connectivity index (χ1v) is 7.50. The Morgan fingerprint density at radius 1 is 1.33 bits per heavy atom. The molecule has 1 amide bonds. The molecule has 0 saturated carbocycles. The third kappa shape index (κ3) is 4.44. The number of halogens is 1. The molecule has 0 aromatic heterocycles. The molecule has 0 unspecified atom stereocenters. The number of allylic oxidation sites excluding steroid dienone is 1. The lowest BCUT2D eigenvalue weighted by Crippen LogP contribution is -2.27. The zero-order chi connectivity index (χ0) is 13.4. The molecule has 2 nitrogen and oxygen atoms in total. The Balaban J connectivity index is 2.87. The van der Waals surface area contributed by atoms with E-state index in [0.29, 0.717) is 0 Å². The maximum atomic E-state index is 12.4. The van der Waals surface area contributed by atoms with Gasteiger partial charge in [-0.3, -0.25) is 4.79 Å². The number of hydrogen-bond donors (Lipinski definition) is 0. The zero-order valence-electron chi connectivity index (χ0n) is 11.0. The number of unbranched alkanes of at least 4 members (excludes halogenated alkanes) is 1. The van der Waals surface area contributed by atoms with Crippen LogP contribution in [-0.2, 0) is 0 Å². The smallest absolute Gasteiger partial charge is 0.258 e. The van der Waals surface area contributed by atoms with Crippen molar-refractivity contribution in [2.45, 2.75) is 33.1 Å². The first-order chi connectivity index (χ1) is 8.70. The normalized spacial score (nSPS) is 10.8. The minimum absolute atomic E-state index is 0.0955. The molecule has 1 aromatic rings. The molecule has 0 fully saturated rings. The Morgan fingerprint density at radius 2 is 2.06 bits per heavy atom. The van der Waals surface area contributed by atoms with Crippen molar-refractivity contribution in [3.63, 3.8) is 0 Å². The van der Waals surface area contributed by atoms with Gasteiger partial charge in [-0.2, -0.15) is 0 Å². The summed E-state index contributed by atoms with van der Waals surface area (Å²) in [5.41, 5.74) is 0.787. The SMILES string of the molecule is CC/C=C/N(CCCC)C(=O)c1ccccc1I. The second-order valence-electron chi connectivity index (χ2n) is 4.12. The molecule has 0 heterocycles. The van der Waals surface area contributed by atoms with Gasteiger partial charge in [0, 0.05) is 16.3 Å². The van der Waals surface area contributed by atoms with E-state index in [-0.39, 0.29) is 5.91 Å². The maximum absolute atomic E-state index is 12.4. The van der Waals surface area contributed by atoms with Gasteiger partial charge in [0.15, 0.2) is 0 Å². The Hall–Kier alpha value is -0.840. The van der Waals surface area contributed by atoms with Gasteiger partial charge in [0.25, 0.3) is 5.91 Å². The molecule has 0 bridgehead atoms. The molecule has 0 radical (unpaired) electrons. The van der Waals surface area contributed by atoms with Gasteiger partial charge in [0.1, 0.15) is 0 Å². The van der Waals surface area contributed by atoms with Crippen LogP contribution in [0.2, 0.25) is 0 Å². The summed E-state index contributed by atoms with van der Waals surface area (Å²) < 4.78 is 1.01. The van der Waals surface area contributed by atoms with E-state index in [1.165, 1.54) is 0 Å². The van der Waals surface area contributed by atoms with Crippen molar-refractivity contribution in [1.29, 1.82) is 0 Å². The lowest BCUT2D eigenvalue weighted by molar-refractivity contribution is 0.0819. The molecule has 0 spiro atoms. The van der Waals surface area contributed by atoms with Gasteiger partial charge in [0.05, 0.1) is 5.56 Å². The van der Waals surface area contributed by atoms with E-state index in [1.807, 2.05) is 41.4 Å². The lowest BCUT2D eigenvalue weighted by Gasteiger charge is -2.19. The summed E-state index contributed by atoms with van der Waals surface area (Å²) in [6.07, 6.45) is 7.02. The second-order valence-corrected chi connectivity index (χ2v) is 5.29. The fraction of sp³-hybridized carbons (Fsp3) is 0.400. The van der Waals surface area contributed by atoms with Crippen LogP contribution in [0.3, 0.4) is 0 Å². The van der Waals surface area contributed by atoms with Crippen molar-refractivity contribution in [3.8, 4) is 0 Å². The predicted octanol–water partition coefficient (Wildman–Crippen LogP) is 4.46. The van der Waals surface area contributed by atoms with Crippen LogP contribution in [0.4, 0.5) is 0 Å². The molecule has 3 heteroatoms. The fourth-order valence-electron chi connectivity index (χ4n) is 1.59. The Bertz CT molecular complexity index is 415. The Labute approximate surface area is 123 Å². The van der Waals surface area contributed by atoms with E-state index in [4.69, 9.17) is 0 Å². The number of carbonyl (C=O) groups excluding carboxylic acids is 1.